The average molecular weight is 360 g/mol. The third kappa shape index (κ3) is 2.13. The van der Waals surface area contributed by atoms with Crippen molar-refractivity contribution in [3.8, 4) is 0 Å². The zero-order chi connectivity index (χ0) is 12.7. The summed E-state index contributed by atoms with van der Waals surface area (Å²) in [6, 6.07) is 7.07. The van der Waals surface area contributed by atoms with Gasteiger partial charge in [0, 0.05) is 21.7 Å². The van der Waals surface area contributed by atoms with Gasteiger partial charge in [0.2, 0.25) is 0 Å². The molecule has 2 bridgehead atoms. The van der Waals surface area contributed by atoms with Crippen molar-refractivity contribution in [2.45, 2.75) is 43.8 Å². The normalized spacial score (nSPS) is 30.8. The van der Waals surface area contributed by atoms with Crippen LogP contribution in [0.2, 0.25) is 0 Å². The minimum Gasteiger partial charge on any atom is -0.365 e. The summed E-state index contributed by atoms with van der Waals surface area (Å²) in [5.74, 6) is -0.138. The van der Waals surface area contributed by atoms with E-state index in [9.17, 15) is 4.39 Å². The predicted octanol–water partition coefficient (Wildman–Crippen LogP) is 3.15. The summed E-state index contributed by atoms with van der Waals surface area (Å²) >= 11 is 2.25. The first-order chi connectivity index (χ1) is 8.69. The minimum atomic E-state index is -0.138. The molecular formula is C14H18FIN2. The second-order valence-corrected chi connectivity index (χ2v) is 6.51. The largest absolute Gasteiger partial charge is 0.365 e. The Hall–Kier alpha value is -0.360. The van der Waals surface area contributed by atoms with Crippen molar-refractivity contribution < 1.29 is 4.39 Å². The Bertz CT molecular complexity index is 437. The molecule has 0 saturated carbocycles. The molecule has 4 heteroatoms. The molecule has 0 aromatic heterocycles. The molecule has 2 atom stereocenters. The summed E-state index contributed by atoms with van der Waals surface area (Å²) in [6.07, 6.45) is 4.97. The van der Waals surface area contributed by atoms with Gasteiger partial charge in [-0.2, -0.15) is 0 Å². The Kier molecular flexibility index (Phi) is 3.49. The highest BCUT2D eigenvalue weighted by atomic mass is 127. The molecule has 2 nitrogen and oxygen atoms in total. The number of hydrogen-bond acceptors (Lipinski definition) is 2. The molecule has 2 aliphatic rings. The van der Waals surface area contributed by atoms with Crippen LogP contribution in [-0.4, -0.2) is 25.2 Å². The van der Waals surface area contributed by atoms with Crippen LogP contribution in [0.25, 0.3) is 0 Å². The summed E-state index contributed by atoms with van der Waals surface area (Å²) in [6.45, 7) is 0. The summed E-state index contributed by atoms with van der Waals surface area (Å²) in [5, 5.41) is 3.41. The van der Waals surface area contributed by atoms with Crippen molar-refractivity contribution in [1.82, 2.24) is 5.32 Å². The van der Waals surface area contributed by atoms with Gasteiger partial charge in [-0.25, -0.2) is 4.39 Å². The van der Waals surface area contributed by atoms with E-state index in [1.54, 1.807) is 12.1 Å². The molecule has 2 unspecified atom stereocenters. The van der Waals surface area contributed by atoms with Crippen LogP contribution in [0.1, 0.15) is 25.7 Å². The van der Waals surface area contributed by atoms with Gasteiger partial charge in [-0.05, 0) is 73.5 Å². The molecule has 2 aliphatic heterocycles. The smallest absolute Gasteiger partial charge is 0.124 e. The fourth-order valence-corrected chi connectivity index (χ4v) is 4.25. The van der Waals surface area contributed by atoms with Crippen molar-refractivity contribution in [2.24, 2.45) is 0 Å². The number of piperidine rings is 1. The number of rotatable bonds is 2. The van der Waals surface area contributed by atoms with Crippen LogP contribution in [-0.2, 0) is 0 Å². The zero-order valence-corrected chi connectivity index (χ0v) is 12.7. The molecule has 18 heavy (non-hydrogen) atoms. The van der Waals surface area contributed by atoms with E-state index in [0.717, 1.165) is 3.57 Å². The van der Waals surface area contributed by atoms with Gasteiger partial charge in [-0.1, -0.05) is 0 Å². The van der Waals surface area contributed by atoms with Crippen LogP contribution < -0.4 is 10.2 Å². The van der Waals surface area contributed by atoms with E-state index >= 15 is 0 Å². The third-order valence-corrected chi connectivity index (χ3v) is 5.19. The van der Waals surface area contributed by atoms with Gasteiger partial charge in [0.1, 0.15) is 5.82 Å². The first-order valence-electron chi connectivity index (χ1n) is 6.59. The van der Waals surface area contributed by atoms with Crippen LogP contribution in [0, 0.1) is 9.39 Å². The Morgan fingerprint density at radius 3 is 2.50 bits per heavy atom. The summed E-state index contributed by atoms with van der Waals surface area (Å²) in [5.41, 5.74) is 1.22. The van der Waals surface area contributed by atoms with Gasteiger partial charge in [0.05, 0.1) is 5.69 Å². The number of benzene rings is 1. The van der Waals surface area contributed by atoms with Crippen molar-refractivity contribution in [3.05, 3.63) is 27.6 Å². The van der Waals surface area contributed by atoms with E-state index < -0.39 is 0 Å². The number of nitrogens with zero attached hydrogens (tertiary/aromatic N) is 1. The lowest BCUT2D eigenvalue weighted by molar-refractivity contribution is 0.373. The lowest BCUT2D eigenvalue weighted by Gasteiger charge is -2.41. The second-order valence-electron chi connectivity index (χ2n) is 5.35. The molecule has 1 aromatic carbocycles. The highest BCUT2D eigenvalue weighted by Crippen LogP contribution is 2.40. The monoisotopic (exact) mass is 360 g/mol. The van der Waals surface area contributed by atoms with Gasteiger partial charge in [-0.15, -0.1) is 0 Å². The highest BCUT2D eigenvalue weighted by molar-refractivity contribution is 14.1. The SMILES string of the molecule is CNC1CC2CCC(C1)N2c1ccc(F)cc1I. The van der Waals surface area contributed by atoms with Crippen molar-refractivity contribution in [1.29, 1.82) is 0 Å². The maximum absolute atomic E-state index is 13.2. The number of halogens is 2. The fourth-order valence-electron chi connectivity index (χ4n) is 3.50. The second kappa shape index (κ2) is 4.96. The maximum Gasteiger partial charge on any atom is 0.124 e. The van der Waals surface area contributed by atoms with Crippen molar-refractivity contribution in [2.75, 3.05) is 11.9 Å². The maximum atomic E-state index is 13.2. The Balaban J connectivity index is 1.89. The first kappa shape index (κ1) is 12.7. The van der Waals surface area contributed by atoms with Gasteiger partial charge >= 0.3 is 0 Å². The number of fused-ring (bicyclic) bond motifs is 2. The molecule has 1 aromatic rings. The Morgan fingerprint density at radius 1 is 1.28 bits per heavy atom. The lowest BCUT2D eigenvalue weighted by Crippen LogP contribution is -2.48. The Morgan fingerprint density at radius 2 is 1.94 bits per heavy atom. The number of anilines is 1. The summed E-state index contributed by atoms with van der Waals surface area (Å²) < 4.78 is 14.2. The van der Waals surface area contributed by atoms with Gasteiger partial charge in [-0.3, -0.25) is 0 Å². The molecule has 0 spiro atoms. The highest BCUT2D eigenvalue weighted by Gasteiger charge is 2.40. The molecule has 3 rings (SSSR count). The van der Waals surface area contributed by atoms with Gasteiger partial charge in [0.15, 0.2) is 0 Å². The van der Waals surface area contributed by atoms with Crippen LogP contribution >= 0.6 is 22.6 Å². The summed E-state index contributed by atoms with van der Waals surface area (Å²) in [7, 11) is 2.06. The van der Waals surface area contributed by atoms with Crippen molar-refractivity contribution >= 4 is 28.3 Å². The van der Waals surface area contributed by atoms with E-state index in [-0.39, 0.29) is 5.82 Å². The molecule has 1 N–H and O–H groups in total. The molecule has 0 amide bonds. The van der Waals surface area contributed by atoms with Gasteiger partial charge in [0.25, 0.3) is 0 Å². The fraction of sp³-hybridized carbons (Fsp3) is 0.571. The topological polar surface area (TPSA) is 15.3 Å². The molecular weight excluding hydrogens is 342 g/mol. The minimum absolute atomic E-state index is 0.138. The van der Waals surface area contributed by atoms with Crippen LogP contribution in [0.4, 0.5) is 10.1 Å². The van der Waals surface area contributed by atoms with Crippen molar-refractivity contribution in [3.63, 3.8) is 0 Å². The number of hydrogen-bond donors (Lipinski definition) is 1. The summed E-state index contributed by atoms with van der Waals surface area (Å²) in [4.78, 5) is 2.54. The van der Waals surface area contributed by atoms with E-state index in [4.69, 9.17) is 0 Å². The molecule has 2 heterocycles. The zero-order valence-electron chi connectivity index (χ0n) is 10.5. The number of nitrogens with one attached hydrogen (secondary N) is 1. The molecule has 0 aliphatic carbocycles. The third-order valence-electron chi connectivity index (χ3n) is 4.33. The van der Waals surface area contributed by atoms with E-state index in [0.29, 0.717) is 18.1 Å². The molecule has 2 saturated heterocycles. The predicted molar refractivity (Wildman–Crippen MR) is 80.5 cm³/mol. The molecule has 0 radical (unpaired) electrons. The average Bonchev–Trinajstić information content (AvgIpc) is 2.60. The van der Waals surface area contributed by atoms with Crippen LogP contribution in [0.3, 0.4) is 0 Å². The van der Waals surface area contributed by atoms with Crippen LogP contribution in [0.5, 0.6) is 0 Å². The quantitative estimate of drug-likeness (QED) is 0.816. The molecule has 2 fully saturated rings. The van der Waals surface area contributed by atoms with E-state index in [1.165, 1.54) is 31.4 Å². The van der Waals surface area contributed by atoms with Crippen LogP contribution in [0.15, 0.2) is 18.2 Å². The Labute approximate surface area is 121 Å². The van der Waals surface area contributed by atoms with Gasteiger partial charge < -0.3 is 10.2 Å². The van der Waals surface area contributed by atoms with E-state index in [1.807, 2.05) is 6.07 Å². The first-order valence-corrected chi connectivity index (χ1v) is 7.67. The molecule has 98 valence electrons. The lowest BCUT2D eigenvalue weighted by atomic mass is 9.97. The van der Waals surface area contributed by atoms with E-state index in [2.05, 4.69) is 39.9 Å². The standard InChI is InChI=1S/C14H18FIN2/c1-17-10-7-11-3-4-12(8-10)18(11)14-5-2-9(15)6-13(14)16/h2,5-6,10-12,17H,3-4,7-8H2,1H3.